The van der Waals surface area contributed by atoms with Crippen molar-refractivity contribution in [2.75, 3.05) is 17.2 Å². The van der Waals surface area contributed by atoms with E-state index in [9.17, 15) is 0 Å². The van der Waals surface area contributed by atoms with Crippen LogP contribution in [-0.2, 0) is 0 Å². The molecule has 2 N–H and O–H groups in total. The van der Waals surface area contributed by atoms with Gasteiger partial charge in [-0.3, -0.25) is 0 Å². The molecule has 0 fully saturated rings. The molecule has 1 aromatic heterocycles. The smallest absolute Gasteiger partial charge is 0.221 e. The first-order valence-corrected chi connectivity index (χ1v) is 5.70. The first-order chi connectivity index (χ1) is 8.25. The molecule has 94 valence electrons. The van der Waals surface area contributed by atoms with Crippen LogP contribution in [0.2, 0.25) is 0 Å². The first-order valence-electron chi connectivity index (χ1n) is 5.70. The van der Waals surface area contributed by atoms with Crippen LogP contribution in [-0.4, -0.2) is 16.5 Å². The highest BCUT2D eigenvalue weighted by Crippen LogP contribution is 2.39. The summed E-state index contributed by atoms with van der Waals surface area (Å²) in [7, 11) is 0. The molecular formula is C13H15ClN4. The number of para-hydroxylation sites is 1. The van der Waals surface area contributed by atoms with Gasteiger partial charge in [-0.25, -0.2) is 4.98 Å². The third-order valence-corrected chi connectivity index (χ3v) is 3.15. The fraction of sp³-hybridized carbons (Fsp3) is 0.231. The SMILES string of the molecule is CC1CN(c2ccnc(N)n2)c2ccccc21.Cl. The molecule has 1 atom stereocenters. The second kappa shape index (κ2) is 4.82. The van der Waals surface area contributed by atoms with Gasteiger partial charge in [0, 0.05) is 24.3 Å². The highest BCUT2D eigenvalue weighted by molar-refractivity contribution is 5.85. The predicted molar refractivity (Wildman–Crippen MR) is 75.6 cm³/mol. The molecule has 1 aliphatic rings. The molecule has 0 bridgehead atoms. The molecule has 2 aromatic rings. The van der Waals surface area contributed by atoms with E-state index in [-0.39, 0.29) is 12.4 Å². The molecule has 5 heteroatoms. The summed E-state index contributed by atoms with van der Waals surface area (Å²) in [5.74, 6) is 1.70. The van der Waals surface area contributed by atoms with Crippen LogP contribution in [0.15, 0.2) is 36.5 Å². The molecule has 18 heavy (non-hydrogen) atoms. The Kier molecular flexibility index (Phi) is 3.39. The number of nitrogen functional groups attached to an aromatic ring is 1. The summed E-state index contributed by atoms with van der Waals surface area (Å²) in [4.78, 5) is 10.4. The Morgan fingerprint density at radius 1 is 1.28 bits per heavy atom. The number of hydrogen-bond acceptors (Lipinski definition) is 4. The average molecular weight is 263 g/mol. The van der Waals surface area contributed by atoms with E-state index >= 15 is 0 Å². The van der Waals surface area contributed by atoms with Gasteiger partial charge in [0.15, 0.2) is 0 Å². The van der Waals surface area contributed by atoms with Crippen molar-refractivity contribution in [2.24, 2.45) is 0 Å². The minimum absolute atomic E-state index is 0. The fourth-order valence-electron chi connectivity index (χ4n) is 2.35. The first kappa shape index (κ1) is 12.6. The van der Waals surface area contributed by atoms with Crippen molar-refractivity contribution in [3.63, 3.8) is 0 Å². The van der Waals surface area contributed by atoms with E-state index in [1.807, 2.05) is 6.07 Å². The normalized spacial score (nSPS) is 17.2. The molecule has 0 aliphatic carbocycles. The van der Waals surface area contributed by atoms with E-state index in [4.69, 9.17) is 5.73 Å². The van der Waals surface area contributed by atoms with Crippen molar-refractivity contribution in [1.29, 1.82) is 0 Å². The van der Waals surface area contributed by atoms with Crippen molar-refractivity contribution in [3.05, 3.63) is 42.1 Å². The summed E-state index contributed by atoms with van der Waals surface area (Å²) >= 11 is 0. The number of hydrogen-bond donors (Lipinski definition) is 1. The third kappa shape index (κ3) is 1.99. The van der Waals surface area contributed by atoms with Gasteiger partial charge >= 0.3 is 0 Å². The van der Waals surface area contributed by atoms with Gasteiger partial charge in [0.25, 0.3) is 0 Å². The van der Waals surface area contributed by atoms with Crippen LogP contribution in [0.5, 0.6) is 0 Å². The van der Waals surface area contributed by atoms with Crippen LogP contribution >= 0.6 is 12.4 Å². The summed E-state index contributed by atoms with van der Waals surface area (Å²) in [6.07, 6.45) is 1.70. The maximum absolute atomic E-state index is 5.63. The molecule has 3 rings (SSSR count). The zero-order chi connectivity index (χ0) is 11.8. The van der Waals surface area contributed by atoms with Crippen LogP contribution in [0.4, 0.5) is 17.5 Å². The van der Waals surface area contributed by atoms with Gasteiger partial charge in [0.1, 0.15) is 5.82 Å². The lowest BCUT2D eigenvalue weighted by Gasteiger charge is -2.18. The summed E-state index contributed by atoms with van der Waals surface area (Å²) in [6.45, 7) is 3.17. The Hall–Kier alpha value is -1.81. The number of nitrogens with zero attached hydrogens (tertiary/aromatic N) is 3. The fourth-order valence-corrected chi connectivity index (χ4v) is 2.35. The van der Waals surface area contributed by atoms with Crippen LogP contribution in [0.25, 0.3) is 0 Å². The molecule has 1 aliphatic heterocycles. The van der Waals surface area contributed by atoms with E-state index in [0.717, 1.165) is 12.4 Å². The van der Waals surface area contributed by atoms with Crippen molar-refractivity contribution in [2.45, 2.75) is 12.8 Å². The molecule has 2 heterocycles. The molecule has 1 aromatic carbocycles. The Bertz CT molecular complexity index is 558. The van der Waals surface area contributed by atoms with Crippen molar-refractivity contribution < 1.29 is 0 Å². The van der Waals surface area contributed by atoms with Gasteiger partial charge in [-0.2, -0.15) is 4.98 Å². The summed E-state index contributed by atoms with van der Waals surface area (Å²) in [6, 6.07) is 10.3. The highest BCUT2D eigenvalue weighted by atomic mass is 35.5. The molecule has 0 saturated heterocycles. The van der Waals surface area contributed by atoms with E-state index in [1.54, 1.807) is 6.20 Å². The van der Waals surface area contributed by atoms with Crippen molar-refractivity contribution in [3.8, 4) is 0 Å². The zero-order valence-electron chi connectivity index (χ0n) is 10.1. The number of rotatable bonds is 1. The largest absolute Gasteiger partial charge is 0.368 e. The Balaban J connectivity index is 0.00000120. The van der Waals surface area contributed by atoms with Crippen molar-refractivity contribution >= 4 is 29.9 Å². The second-order valence-electron chi connectivity index (χ2n) is 4.34. The summed E-state index contributed by atoms with van der Waals surface area (Å²) in [5, 5.41) is 0. The quantitative estimate of drug-likeness (QED) is 0.859. The van der Waals surface area contributed by atoms with Gasteiger partial charge in [0.2, 0.25) is 5.95 Å². The molecule has 0 saturated carbocycles. The van der Waals surface area contributed by atoms with E-state index in [2.05, 4.69) is 46.1 Å². The molecule has 0 amide bonds. The molecule has 4 nitrogen and oxygen atoms in total. The monoisotopic (exact) mass is 262 g/mol. The van der Waals surface area contributed by atoms with Gasteiger partial charge in [0.05, 0.1) is 0 Å². The molecule has 1 unspecified atom stereocenters. The van der Waals surface area contributed by atoms with Gasteiger partial charge in [-0.1, -0.05) is 25.1 Å². The topological polar surface area (TPSA) is 55.0 Å². The minimum atomic E-state index is 0. The van der Waals surface area contributed by atoms with Crippen molar-refractivity contribution in [1.82, 2.24) is 9.97 Å². The van der Waals surface area contributed by atoms with Gasteiger partial charge < -0.3 is 10.6 Å². The van der Waals surface area contributed by atoms with Crippen LogP contribution in [0.3, 0.4) is 0 Å². The van der Waals surface area contributed by atoms with Crippen LogP contribution in [0.1, 0.15) is 18.4 Å². The standard InChI is InChI=1S/C13H14N4.ClH/c1-9-8-17(11-5-3-2-4-10(9)11)12-6-7-15-13(14)16-12;/h2-7,9H,8H2,1H3,(H2,14,15,16);1H. The lowest BCUT2D eigenvalue weighted by Crippen LogP contribution is -2.16. The maximum Gasteiger partial charge on any atom is 0.221 e. The second-order valence-corrected chi connectivity index (χ2v) is 4.34. The maximum atomic E-state index is 5.63. The third-order valence-electron chi connectivity index (χ3n) is 3.15. The number of nitrogens with two attached hydrogens (primary N) is 1. The predicted octanol–water partition coefficient (Wildman–Crippen LogP) is 2.74. The number of aromatic nitrogens is 2. The lowest BCUT2D eigenvalue weighted by atomic mass is 10.0. The zero-order valence-corrected chi connectivity index (χ0v) is 10.9. The number of fused-ring (bicyclic) bond motifs is 1. The van der Waals surface area contributed by atoms with Crippen LogP contribution < -0.4 is 10.6 Å². The number of halogens is 1. The number of anilines is 3. The Morgan fingerprint density at radius 2 is 2.06 bits per heavy atom. The Labute approximate surface area is 112 Å². The van der Waals surface area contributed by atoms with E-state index < -0.39 is 0 Å². The van der Waals surface area contributed by atoms with E-state index in [1.165, 1.54) is 11.3 Å². The minimum Gasteiger partial charge on any atom is -0.368 e. The van der Waals surface area contributed by atoms with E-state index in [0.29, 0.717) is 11.9 Å². The Morgan fingerprint density at radius 3 is 2.83 bits per heavy atom. The summed E-state index contributed by atoms with van der Waals surface area (Å²) in [5.41, 5.74) is 8.22. The molecule has 0 radical (unpaired) electrons. The average Bonchev–Trinajstić information content (AvgIpc) is 2.68. The lowest BCUT2D eigenvalue weighted by molar-refractivity contribution is 0.807. The highest BCUT2D eigenvalue weighted by Gasteiger charge is 2.26. The number of benzene rings is 1. The molecular weight excluding hydrogens is 248 g/mol. The summed E-state index contributed by atoms with van der Waals surface area (Å²) < 4.78 is 0. The van der Waals surface area contributed by atoms with Gasteiger partial charge in [-0.05, 0) is 17.7 Å². The van der Waals surface area contributed by atoms with Crippen LogP contribution in [0, 0.1) is 0 Å². The van der Waals surface area contributed by atoms with Gasteiger partial charge in [-0.15, -0.1) is 12.4 Å². The molecule has 0 spiro atoms.